The van der Waals surface area contributed by atoms with Crippen molar-refractivity contribution in [3.05, 3.63) is 41.8 Å². The van der Waals surface area contributed by atoms with Crippen LogP contribution in [0.15, 0.2) is 20.5 Å². The molecule has 0 saturated carbocycles. The minimum atomic E-state index is -3.20. The summed E-state index contributed by atoms with van der Waals surface area (Å²) in [7, 11) is 0. The van der Waals surface area contributed by atoms with Crippen molar-refractivity contribution in [1.29, 1.82) is 0 Å². The predicted octanol–water partition coefficient (Wildman–Crippen LogP) is 5.27. The van der Waals surface area contributed by atoms with Gasteiger partial charge in [-0.2, -0.15) is 0 Å². The molecule has 4 atom stereocenters. The van der Waals surface area contributed by atoms with E-state index in [4.69, 9.17) is 18.9 Å². The molecule has 0 aliphatic rings. The molecule has 0 unspecified atom stereocenters. The van der Waals surface area contributed by atoms with E-state index in [1.54, 1.807) is 83.1 Å². The van der Waals surface area contributed by atoms with E-state index in [-0.39, 0.29) is 0 Å². The molecular weight excluding hydrogens is 861 g/mol. The quantitative estimate of drug-likeness (QED) is 0.0240. The van der Waals surface area contributed by atoms with Crippen LogP contribution in [0.4, 0.5) is 0 Å². The third-order valence-corrected chi connectivity index (χ3v) is 7.39. The number of hydrogen-bond acceptors (Lipinski definition) is 16. The Labute approximate surface area is 374 Å². The van der Waals surface area contributed by atoms with E-state index in [0.717, 1.165) is 0 Å². The van der Waals surface area contributed by atoms with Crippen molar-refractivity contribution < 1.29 is 57.3 Å². The summed E-state index contributed by atoms with van der Waals surface area (Å²) in [5.74, 6) is -12.2. The van der Waals surface area contributed by atoms with Crippen LogP contribution in [0.25, 0.3) is 41.8 Å². The number of carbonyl (C=O) groups is 8. The summed E-state index contributed by atoms with van der Waals surface area (Å²) in [4.78, 5) is 117. The number of hydrogen-bond donors (Lipinski definition) is 4. The van der Waals surface area contributed by atoms with Crippen molar-refractivity contribution in [2.45, 2.75) is 187 Å². The van der Waals surface area contributed by atoms with Gasteiger partial charge in [-0.3, -0.25) is 59.6 Å². The van der Waals surface area contributed by atoms with Gasteiger partial charge in [0.2, 0.25) is 23.6 Å². The molecule has 0 radical (unpaired) electrons. The van der Waals surface area contributed by atoms with E-state index in [0.29, 0.717) is 0 Å². The van der Waals surface area contributed by atoms with Crippen LogP contribution >= 0.6 is 0 Å². The number of amides is 4. The monoisotopic (exact) mass is 920 g/mol. The van der Waals surface area contributed by atoms with Gasteiger partial charge in [0.1, 0.15) is 46.6 Å². The second-order valence-electron chi connectivity index (χ2n) is 18.1. The molecule has 0 aromatic rings. The first-order valence-electron chi connectivity index (χ1n) is 20.1. The highest BCUT2D eigenvalue weighted by Gasteiger charge is 2.43. The normalized spacial score (nSPS) is 14.1. The number of nitrogens with zero attached hydrogens (tertiary/aromatic N) is 12. The van der Waals surface area contributed by atoms with Gasteiger partial charge in [-0.15, -0.1) is 0 Å². The molecule has 0 aliphatic heterocycles. The van der Waals surface area contributed by atoms with Crippen LogP contribution in [-0.2, 0) is 57.3 Å². The number of esters is 4. The summed E-state index contributed by atoms with van der Waals surface area (Å²) in [6.45, 7) is 18.8. The Morgan fingerprint density at radius 1 is 0.385 bits per heavy atom. The van der Waals surface area contributed by atoms with Gasteiger partial charge >= 0.3 is 23.9 Å². The Hall–Kier alpha value is -7.00. The Balaban J connectivity index is 7.78. The fourth-order valence-corrected chi connectivity index (χ4v) is 5.06. The highest BCUT2D eigenvalue weighted by atomic mass is 16.6. The maximum Gasteiger partial charge on any atom is 0.306 e. The second kappa shape index (κ2) is 25.9. The fourth-order valence-electron chi connectivity index (χ4n) is 5.06. The van der Waals surface area contributed by atoms with Crippen molar-refractivity contribution in [3.8, 4) is 0 Å². The summed E-state index contributed by atoms with van der Waals surface area (Å²) in [5, 5.41) is 22.2. The molecule has 4 N–H and O–H groups in total. The molecular formula is C37H60N16O12. The van der Waals surface area contributed by atoms with E-state index in [9.17, 15) is 60.5 Å². The summed E-state index contributed by atoms with van der Waals surface area (Å²) < 4.78 is 21.0. The Morgan fingerprint density at radius 3 is 0.692 bits per heavy atom. The molecule has 0 bridgehead atoms. The average molecular weight is 921 g/mol. The smallest absolute Gasteiger partial charge is 0.306 e. The molecule has 360 valence electrons. The van der Waals surface area contributed by atoms with Gasteiger partial charge in [0.25, 0.3) is 5.91 Å². The molecule has 0 heterocycles. The zero-order valence-corrected chi connectivity index (χ0v) is 38.7. The Bertz CT molecular complexity index is 1660. The van der Waals surface area contributed by atoms with E-state index in [2.05, 4.69) is 61.4 Å². The van der Waals surface area contributed by atoms with Gasteiger partial charge < -0.3 is 18.9 Å². The number of azide groups is 4. The first-order valence-corrected chi connectivity index (χ1v) is 20.1. The van der Waals surface area contributed by atoms with Gasteiger partial charge in [0.05, 0.1) is 0 Å². The lowest BCUT2D eigenvalue weighted by Crippen LogP contribution is -2.80. The second-order valence-corrected chi connectivity index (χ2v) is 18.1. The van der Waals surface area contributed by atoms with E-state index >= 15 is 0 Å². The zero-order valence-electron chi connectivity index (χ0n) is 38.7. The van der Waals surface area contributed by atoms with E-state index in [1.807, 2.05) is 0 Å². The minimum absolute atomic E-state index is 0.538. The van der Waals surface area contributed by atoms with Gasteiger partial charge in [-0.1, -0.05) is 20.5 Å². The minimum Gasteiger partial charge on any atom is -0.460 e. The molecule has 65 heavy (non-hydrogen) atoms. The van der Waals surface area contributed by atoms with Crippen LogP contribution in [0.1, 0.15) is 134 Å². The largest absolute Gasteiger partial charge is 0.460 e. The van der Waals surface area contributed by atoms with Gasteiger partial charge in [-0.25, -0.2) is 0 Å². The van der Waals surface area contributed by atoms with Gasteiger partial charge in [0.15, 0.2) is 0 Å². The molecule has 4 amide bonds. The average Bonchev–Trinajstić information content (AvgIpc) is 3.11. The maximum atomic E-state index is 14.1. The number of carbonyl (C=O) groups excluding carboxylic acids is 8. The number of rotatable bonds is 24. The molecule has 0 saturated heterocycles. The molecule has 28 heteroatoms. The third kappa shape index (κ3) is 26.3. The molecule has 0 spiro atoms. The Morgan fingerprint density at radius 2 is 0.554 bits per heavy atom. The lowest BCUT2D eigenvalue weighted by Gasteiger charge is -2.39. The van der Waals surface area contributed by atoms with Crippen LogP contribution in [0, 0.1) is 0 Å². The SMILES string of the molecule is CC(C)(C)OC(=O)CC[C@H](N=[N+]=[N-])C(=O)NC(NC(=O)[C@H](CCC(=O)OC(C)(C)C)N=[N+]=[N-])(NC(=O)[C@H](CCC(=O)OC(C)(C)C)N=[N+]=[N-])NC(=O)[C@H](CCC(=O)OC(C)(C)C)N=[N+]=[N-]. The highest BCUT2D eigenvalue weighted by Crippen LogP contribution is 2.17. The van der Waals surface area contributed by atoms with Gasteiger partial charge in [0, 0.05) is 45.3 Å². The first-order chi connectivity index (χ1) is 29.8. The lowest BCUT2D eigenvalue weighted by molar-refractivity contribution is -0.156. The van der Waals surface area contributed by atoms with Crippen molar-refractivity contribution in [1.82, 2.24) is 21.3 Å². The van der Waals surface area contributed by atoms with Crippen LogP contribution in [0.2, 0.25) is 0 Å². The van der Waals surface area contributed by atoms with E-state index < -0.39 is 151 Å². The lowest BCUT2D eigenvalue weighted by atomic mass is 10.1. The van der Waals surface area contributed by atoms with Crippen LogP contribution < -0.4 is 21.3 Å². The number of nitrogens with one attached hydrogen (secondary N) is 4. The van der Waals surface area contributed by atoms with E-state index in [1.165, 1.54) is 0 Å². The molecule has 0 fully saturated rings. The summed E-state index contributed by atoms with van der Waals surface area (Å²) >= 11 is 0. The standard InChI is InChI=1S/C37H60N16O12/c1-33(2,3)62-25(54)17-13-21(46-50-38)29(58)42-37(43-30(59)22(47-51-39)14-18-26(55)63-34(4,5)6,44-31(60)23(48-52-40)15-19-27(56)64-35(7,8)9)45-32(61)24(49-53-41)16-20-28(57)65-36(10,11)12/h21-24H,13-20H2,1-12H3,(H,42,58)(H,43,59)(H,44,60)(H,45,61)/t21-,22-,23-,24-/m0/s1. The molecule has 0 aromatic carbocycles. The fraction of sp³-hybridized carbons (Fsp3) is 0.784. The predicted molar refractivity (Wildman–Crippen MR) is 227 cm³/mol. The topological polar surface area (TPSA) is 417 Å². The maximum absolute atomic E-state index is 14.1. The van der Waals surface area contributed by atoms with Gasteiger partial charge in [-0.05, 0) is 131 Å². The number of ether oxygens (including phenoxy) is 4. The molecule has 28 nitrogen and oxygen atoms in total. The highest BCUT2D eigenvalue weighted by molar-refractivity contribution is 5.92. The van der Waals surface area contributed by atoms with Crippen LogP contribution in [0.5, 0.6) is 0 Å². The molecule has 0 rings (SSSR count). The molecule has 0 aromatic heterocycles. The summed E-state index contributed by atoms with van der Waals surface area (Å²) in [5.41, 5.74) is 33.7. The van der Waals surface area contributed by atoms with Crippen LogP contribution in [-0.4, -0.2) is 100.0 Å². The van der Waals surface area contributed by atoms with Crippen molar-refractivity contribution in [2.75, 3.05) is 0 Å². The summed E-state index contributed by atoms with van der Waals surface area (Å²) in [6, 6.07) is -7.51. The third-order valence-electron chi connectivity index (χ3n) is 7.39. The molecule has 0 aliphatic carbocycles. The van der Waals surface area contributed by atoms with Crippen LogP contribution in [0.3, 0.4) is 0 Å². The van der Waals surface area contributed by atoms with Crippen molar-refractivity contribution in [3.63, 3.8) is 0 Å². The summed E-state index contributed by atoms with van der Waals surface area (Å²) in [6.07, 6.45) is -4.42. The van der Waals surface area contributed by atoms with Crippen molar-refractivity contribution in [2.24, 2.45) is 20.5 Å². The van der Waals surface area contributed by atoms with Crippen molar-refractivity contribution >= 4 is 47.5 Å². The Kier molecular flexibility index (Phi) is 23.2. The zero-order chi connectivity index (χ0) is 50.4. The first kappa shape index (κ1) is 58.0.